The molecule has 0 atom stereocenters. The molecule has 0 saturated carbocycles. The second kappa shape index (κ2) is 8.85. The van der Waals surface area contributed by atoms with Gasteiger partial charge in [-0.2, -0.15) is 4.98 Å². The molecule has 0 spiro atoms. The zero-order valence-corrected chi connectivity index (χ0v) is 15.2. The summed E-state index contributed by atoms with van der Waals surface area (Å²) >= 11 is 0. The Labute approximate surface area is 154 Å². The molecule has 134 valence electrons. The zero-order valence-electron chi connectivity index (χ0n) is 15.2. The van der Waals surface area contributed by atoms with Gasteiger partial charge >= 0.3 is 0 Å². The molecular formula is C21H24N4O. The zero-order chi connectivity index (χ0) is 18.2. The van der Waals surface area contributed by atoms with Gasteiger partial charge in [0, 0.05) is 18.3 Å². The molecule has 0 aliphatic heterocycles. The Bertz CT molecular complexity index is 836. The van der Waals surface area contributed by atoms with E-state index in [-0.39, 0.29) is 0 Å². The summed E-state index contributed by atoms with van der Waals surface area (Å²) in [5, 5.41) is 6.62. The fraction of sp³-hybridized carbons (Fsp3) is 0.238. The number of hydrogen-bond acceptors (Lipinski definition) is 5. The molecule has 0 bridgehead atoms. The van der Waals surface area contributed by atoms with Crippen LogP contribution in [0, 0.1) is 6.92 Å². The number of para-hydroxylation sites is 3. The Morgan fingerprint density at radius 2 is 1.73 bits per heavy atom. The number of nitrogens with zero attached hydrogens (tertiary/aromatic N) is 2. The van der Waals surface area contributed by atoms with Crippen LogP contribution >= 0.6 is 0 Å². The van der Waals surface area contributed by atoms with Crippen molar-refractivity contribution in [3.63, 3.8) is 0 Å². The number of nitrogens with one attached hydrogen (secondary N) is 2. The van der Waals surface area contributed by atoms with Crippen molar-refractivity contribution in [1.29, 1.82) is 0 Å². The van der Waals surface area contributed by atoms with E-state index in [4.69, 9.17) is 4.74 Å². The summed E-state index contributed by atoms with van der Waals surface area (Å²) in [6, 6.07) is 19.4. The number of anilines is 3. The first-order chi connectivity index (χ1) is 12.7. The summed E-state index contributed by atoms with van der Waals surface area (Å²) in [7, 11) is 0. The number of aryl methyl sites for hydroxylation is 1. The van der Waals surface area contributed by atoms with Crippen molar-refractivity contribution in [1.82, 2.24) is 9.97 Å². The maximum atomic E-state index is 5.99. The summed E-state index contributed by atoms with van der Waals surface area (Å²) in [6.07, 6.45) is 2.26. The minimum Gasteiger partial charge on any atom is -0.455 e. The summed E-state index contributed by atoms with van der Waals surface area (Å²) < 4.78 is 5.99. The third-order valence-corrected chi connectivity index (χ3v) is 3.80. The largest absolute Gasteiger partial charge is 0.455 e. The lowest BCUT2D eigenvalue weighted by molar-refractivity contribution is 0.485. The predicted molar refractivity (Wildman–Crippen MR) is 106 cm³/mol. The fourth-order valence-electron chi connectivity index (χ4n) is 2.50. The number of hydrogen-bond donors (Lipinski definition) is 2. The van der Waals surface area contributed by atoms with Gasteiger partial charge in [0.1, 0.15) is 11.6 Å². The van der Waals surface area contributed by atoms with Crippen LogP contribution in [0.1, 0.15) is 25.5 Å². The molecule has 3 rings (SSSR count). The predicted octanol–water partition coefficient (Wildman–Crippen LogP) is 5.53. The van der Waals surface area contributed by atoms with Crippen molar-refractivity contribution in [3.05, 3.63) is 66.4 Å². The molecule has 0 fully saturated rings. The van der Waals surface area contributed by atoms with Gasteiger partial charge in [-0.25, -0.2) is 4.98 Å². The number of aromatic nitrogens is 2. The molecule has 0 amide bonds. The van der Waals surface area contributed by atoms with Crippen molar-refractivity contribution >= 4 is 17.5 Å². The van der Waals surface area contributed by atoms with E-state index in [0.717, 1.165) is 48.1 Å². The van der Waals surface area contributed by atoms with Gasteiger partial charge in [0.25, 0.3) is 0 Å². The van der Waals surface area contributed by atoms with Crippen LogP contribution in [-0.2, 0) is 0 Å². The molecule has 2 aromatic carbocycles. The summed E-state index contributed by atoms with van der Waals surface area (Å²) in [6.45, 7) is 5.04. The maximum absolute atomic E-state index is 5.99. The average molecular weight is 348 g/mol. The Morgan fingerprint density at radius 3 is 2.54 bits per heavy atom. The monoisotopic (exact) mass is 348 g/mol. The molecule has 0 aliphatic rings. The van der Waals surface area contributed by atoms with Crippen molar-refractivity contribution in [2.24, 2.45) is 0 Å². The number of benzene rings is 2. The van der Waals surface area contributed by atoms with Gasteiger partial charge in [0.2, 0.25) is 5.95 Å². The molecule has 0 unspecified atom stereocenters. The first-order valence-electron chi connectivity index (χ1n) is 8.93. The normalized spacial score (nSPS) is 10.4. The first-order valence-corrected chi connectivity index (χ1v) is 8.93. The summed E-state index contributed by atoms with van der Waals surface area (Å²) in [5.74, 6) is 2.89. The fourth-order valence-corrected chi connectivity index (χ4v) is 2.50. The SMILES string of the molecule is CCCCNc1cc(C)nc(Nc2ccccc2Oc2ccccc2)n1. The van der Waals surface area contributed by atoms with Crippen LogP contribution in [0.2, 0.25) is 0 Å². The van der Waals surface area contributed by atoms with E-state index in [1.807, 2.05) is 67.6 Å². The highest BCUT2D eigenvalue weighted by Crippen LogP contribution is 2.30. The van der Waals surface area contributed by atoms with E-state index in [1.54, 1.807) is 0 Å². The Kier molecular flexibility index (Phi) is 6.04. The van der Waals surface area contributed by atoms with Crippen LogP contribution in [-0.4, -0.2) is 16.5 Å². The number of ether oxygens (including phenoxy) is 1. The van der Waals surface area contributed by atoms with E-state index >= 15 is 0 Å². The van der Waals surface area contributed by atoms with Gasteiger partial charge < -0.3 is 15.4 Å². The van der Waals surface area contributed by atoms with Crippen LogP contribution in [0.3, 0.4) is 0 Å². The van der Waals surface area contributed by atoms with Crippen LogP contribution in [0.4, 0.5) is 17.5 Å². The van der Waals surface area contributed by atoms with Crippen LogP contribution in [0.5, 0.6) is 11.5 Å². The van der Waals surface area contributed by atoms with Gasteiger partial charge in [0.15, 0.2) is 5.75 Å². The molecule has 3 aromatic rings. The Balaban J connectivity index is 1.78. The smallest absolute Gasteiger partial charge is 0.229 e. The quantitative estimate of drug-likeness (QED) is 0.524. The van der Waals surface area contributed by atoms with Crippen molar-refractivity contribution in [2.45, 2.75) is 26.7 Å². The molecular weight excluding hydrogens is 324 g/mol. The molecule has 0 saturated heterocycles. The molecule has 1 aromatic heterocycles. The molecule has 0 radical (unpaired) electrons. The molecule has 1 heterocycles. The van der Waals surface area contributed by atoms with Gasteiger partial charge in [0.05, 0.1) is 5.69 Å². The van der Waals surface area contributed by atoms with Gasteiger partial charge in [-0.05, 0) is 37.6 Å². The highest BCUT2D eigenvalue weighted by atomic mass is 16.5. The highest BCUT2D eigenvalue weighted by molar-refractivity contribution is 5.64. The third kappa shape index (κ3) is 4.96. The average Bonchev–Trinajstić information content (AvgIpc) is 2.64. The topological polar surface area (TPSA) is 59.1 Å². The van der Waals surface area contributed by atoms with Crippen molar-refractivity contribution in [2.75, 3.05) is 17.2 Å². The first kappa shape index (κ1) is 17.7. The number of unbranched alkanes of at least 4 members (excludes halogenated alkanes) is 1. The molecule has 5 nitrogen and oxygen atoms in total. The molecule has 26 heavy (non-hydrogen) atoms. The van der Waals surface area contributed by atoms with Gasteiger partial charge in [-0.15, -0.1) is 0 Å². The van der Waals surface area contributed by atoms with Crippen LogP contribution in [0.15, 0.2) is 60.7 Å². The lowest BCUT2D eigenvalue weighted by Gasteiger charge is -2.13. The van der Waals surface area contributed by atoms with E-state index < -0.39 is 0 Å². The number of rotatable bonds is 8. The minimum atomic E-state index is 0.549. The third-order valence-electron chi connectivity index (χ3n) is 3.80. The molecule has 5 heteroatoms. The summed E-state index contributed by atoms with van der Waals surface area (Å²) in [5.41, 5.74) is 1.73. The minimum absolute atomic E-state index is 0.549. The van der Waals surface area contributed by atoms with Crippen LogP contribution < -0.4 is 15.4 Å². The Morgan fingerprint density at radius 1 is 0.962 bits per heavy atom. The lowest BCUT2D eigenvalue weighted by Crippen LogP contribution is -2.07. The standard InChI is InChI=1S/C21H24N4O/c1-3-4-14-22-20-15-16(2)23-21(25-20)24-18-12-8-9-13-19(18)26-17-10-6-5-7-11-17/h5-13,15H,3-4,14H2,1-2H3,(H2,22,23,24,25). The van der Waals surface area contributed by atoms with E-state index in [0.29, 0.717) is 5.95 Å². The second-order valence-electron chi connectivity index (χ2n) is 6.03. The van der Waals surface area contributed by atoms with E-state index in [9.17, 15) is 0 Å². The highest BCUT2D eigenvalue weighted by Gasteiger charge is 2.08. The lowest BCUT2D eigenvalue weighted by atomic mass is 10.3. The Hall–Kier alpha value is -3.08. The van der Waals surface area contributed by atoms with Gasteiger partial charge in [-0.3, -0.25) is 0 Å². The molecule has 0 aliphatic carbocycles. The van der Waals surface area contributed by atoms with Crippen LogP contribution in [0.25, 0.3) is 0 Å². The van der Waals surface area contributed by atoms with E-state index in [2.05, 4.69) is 27.5 Å². The summed E-state index contributed by atoms with van der Waals surface area (Å²) in [4.78, 5) is 9.05. The van der Waals surface area contributed by atoms with E-state index in [1.165, 1.54) is 0 Å². The second-order valence-corrected chi connectivity index (χ2v) is 6.03. The van der Waals surface area contributed by atoms with Crippen molar-refractivity contribution < 1.29 is 4.74 Å². The van der Waals surface area contributed by atoms with Crippen molar-refractivity contribution in [3.8, 4) is 11.5 Å². The molecule has 2 N–H and O–H groups in total. The maximum Gasteiger partial charge on any atom is 0.229 e. The van der Waals surface area contributed by atoms with Gasteiger partial charge in [-0.1, -0.05) is 43.7 Å².